The predicted molar refractivity (Wildman–Crippen MR) is 116 cm³/mol. The number of carbonyl (C=O) groups is 1. The van der Waals surface area contributed by atoms with Gasteiger partial charge in [0, 0.05) is 18.6 Å². The normalized spacial score (nSPS) is 11.1. The van der Waals surface area contributed by atoms with E-state index in [0.717, 1.165) is 18.4 Å². The fourth-order valence-corrected chi connectivity index (χ4v) is 2.71. The Morgan fingerprint density at radius 1 is 1.06 bits per heavy atom. The molecule has 0 aliphatic carbocycles. The lowest BCUT2D eigenvalue weighted by molar-refractivity contribution is -0.384. The molecule has 0 aromatic heterocycles. The summed E-state index contributed by atoms with van der Waals surface area (Å²) in [5.74, 6) is -0.219. The average molecular weight is 429 g/mol. The molecular weight excluding hydrogens is 402 g/mol. The van der Waals surface area contributed by atoms with E-state index in [4.69, 9.17) is 14.2 Å². The first kappa shape index (κ1) is 23.7. The molecule has 2 rings (SSSR count). The maximum Gasteiger partial charge on any atom is 0.371 e. The number of nitro benzene ring substituents is 1. The number of nitrogens with zero attached hydrogens (tertiary/aromatic N) is 1. The van der Waals surface area contributed by atoms with Crippen LogP contribution in [-0.4, -0.2) is 35.8 Å². The van der Waals surface area contributed by atoms with Gasteiger partial charge in [0.2, 0.25) is 5.76 Å². The molecule has 166 valence electrons. The van der Waals surface area contributed by atoms with Gasteiger partial charge in [0.1, 0.15) is 0 Å². The number of ether oxygens (including phenoxy) is 3. The Hall–Kier alpha value is -3.55. The number of benzene rings is 2. The van der Waals surface area contributed by atoms with Gasteiger partial charge in [0.25, 0.3) is 5.69 Å². The van der Waals surface area contributed by atoms with Crippen LogP contribution in [0.1, 0.15) is 37.8 Å². The Labute approximate surface area is 181 Å². The molecule has 0 amide bonds. The summed E-state index contributed by atoms with van der Waals surface area (Å²) in [6.45, 7) is 4.90. The Kier molecular flexibility index (Phi) is 9.35. The first-order valence-corrected chi connectivity index (χ1v) is 10.1. The predicted octanol–water partition coefficient (Wildman–Crippen LogP) is 4.86. The van der Waals surface area contributed by atoms with Crippen molar-refractivity contribution in [3.8, 4) is 11.5 Å². The fraction of sp³-hybridized carbons (Fsp3) is 0.348. The lowest BCUT2D eigenvalue weighted by Gasteiger charge is -2.14. The van der Waals surface area contributed by atoms with Crippen molar-refractivity contribution >= 4 is 17.7 Å². The third kappa shape index (κ3) is 7.65. The summed E-state index contributed by atoms with van der Waals surface area (Å²) in [7, 11) is 0. The fourth-order valence-electron chi connectivity index (χ4n) is 2.71. The minimum atomic E-state index is -1.14. The summed E-state index contributed by atoms with van der Waals surface area (Å²) >= 11 is 0. The largest absolute Gasteiger partial charge is 0.490 e. The molecule has 0 spiro atoms. The molecule has 8 nitrogen and oxygen atoms in total. The van der Waals surface area contributed by atoms with E-state index in [1.165, 1.54) is 18.2 Å². The van der Waals surface area contributed by atoms with Crippen LogP contribution in [0.5, 0.6) is 11.5 Å². The van der Waals surface area contributed by atoms with Crippen molar-refractivity contribution in [1.82, 2.24) is 0 Å². The molecule has 8 heteroatoms. The van der Waals surface area contributed by atoms with Gasteiger partial charge >= 0.3 is 5.97 Å². The summed E-state index contributed by atoms with van der Waals surface area (Å²) in [5.41, 5.74) is 1.59. The molecule has 0 fully saturated rings. The van der Waals surface area contributed by atoms with Crippen molar-refractivity contribution in [2.24, 2.45) is 0 Å². The minimum Gasteiger partial charge on any atom is -0.490 e. The van der Waals surface area contributed by atoms with Crippen LogP contribution in [0.2, 0.25) is 0 Å². The zero-order valence-corrected chi connectivity index (χ0v) is 17.7. The summed E-state index contributed by atoms with van der Waals surface area (Å²) in [6.07, 6.45) is 3.87. The Morgan fingerprint density at radius 3 is 2.39 bits per heavy atom. The van der Waals surface area contributed by atoms with E-state index < -0.39 is 10.9 Å². The van der Waals surface area contributed by atoms with Crippen LogP contribution >= 0.6 is 0 Å². The topological polar surface area (TPSA) is 108 Å². The highest BCUT2D eigenvalue weighted by atomic mass is 16.6. The van der Waals surface area contributed by atoms with Gasteiger partial charge in [-0.05, 0) is 42.7 Å². The third-order valence-electron chi connectivity index (χ3n) is 4.33. The van der Waals surface area contributed by atoms with Crippen LogP contribution in [0.25, 0.3) is 6.08 Å². The summed E-state index contributed by atoms with van der Waals surface area (Å²) in [6, 6.07) is 11.5. The summed E-state index contributed by atoms with van der Waals surface area (Å²) in [4.78, 5) is 21.6. The van der Waals surface area contributed by atoms with E-state index in [2.05, 4.69) is 6.92 Å². The molecule has 0 aliphatic heterocycles. The Balaban J connectivity index is 2.12. The van der Waals surface area contributed by atoms with E-state index in [0.29, 0.717) is 36.7 Å². The third-order valence-corrected chi connectivity index (χ3v) is 4.33. The number of non-ortho nitro benzene ring substituents is 1. The second kappa shape index (κ2) is 12.2. The van der Waals surface area contributed by atoms with Crippen molar-refractivity contribution < 1.29 is 29.0 Å². The minimum absolute atomic E-state index is 0.0488. The molecule has 2 aromatic carbocycles. The molecular formula is C23H27NO7. The number of carboxylic acids is 1. The molecule has 31 heavy (non-hydrogen) atoms. The number of rotatable bonds is 13. The van der Waals surface area contributed by atoms with E-state index in [-0.39, 0.29) is 18.1 Å². The Bertz CT molecular complexity index is 907. The van der Waals surface area contributed by atoms with Crippen molar-refractivity contribution in [1.29, 1.82) is 0 Å². The highest BCUT2D eigenvalue weighted by Crippen LogP contribution is 2.30. The van der Waals surface area contributed by atoms with E-state index >= 15 is 0 Å². The van der Waals surface area contributed by atoms with Gasteiger partial charge in [0.15, 0.2) is 11.5 Å². The molecule has 0 saturated heterocycles. The maximum atomic E-state index is 11.3. The van der Waals surface area contributed by atoms with Crippen LogP contribution in [0.4, 0.5) is 5.69 Å². The van der Waals surface area contributed by atoms with Gasteiger partial charge < -0.3 is 19.3 Å². The van der Waals surface area contributed by atoms with Crippen LogP contribution in [0, 0.1) is 10.1 Å². The number of hydrogen-bond donors (Lipinski definition) is 1. The van der Waals surface area contributed by atoms with Gasteiger partial charge in [-0.25, -0.2) is 4.79 Å². The standard InChI is InChI=1S/C23H27NO7/c1-3-5-13-30-21-15-18(16-22(23(25)26)29-4-2)8-11-20(21)31-14-12-17-6-9-19(10-7-17)24(27)28/h6-11,15-16H,3-5,12-14H2,1-2H3,(H,25,26). The lowest BCUT2D eigenvalue weighted by Crippen LogP contribution is -2.06. The first-order valence-electron chi connectivity index (χ1n) is 10.1. The smallest absolute Gasteiger partial charge is 0.371 e. The number of nitro groups is 1. The highest BCUT2D eigenvalue weighted by Gasteiger charge is 2.11. The second-order valence-corrected chi connectivity index (χ2v) is 6.68. The lowest BCUT2D eigenvalue weighted by atomic mass is 10.1. The van der Waals surface area contributed by atoms with Crippen molar-refractivity contribution in [2.75, 3.05) is 19.8 Å². The van der Waals surface area contributed by atoms with Gasteiger partial charge in [0.05, 0.1) is 24.7 Å². The maximum absolute atomic E-state index is 11.3. The van der Waals surface area contributed by atoms with E-state index in [1.807, 2.05) is 0 Å². The van der Waals surface area contributed by atoms with Gasteiger partial charge in [-0.1, -0.05) is 31.5 Å². The number of carboxylic acid groups (broad SMARTS) is 1. The van der Waals surface area contributed by atoms with Gasteiger partial charge in [-0.3, -0.25) is 10.1 Å². The molecule has 0 atom stereocenters. The molecule has 0 bridgehead atoms. The number of hydrogen-bond acceptors (Lipinski definition) is 6. The van der Waals surface area contributed by atoms with Crippen LogP contribution < -0.4 is 9.47 Å². The molecule has 1 N–H and O–H groups in total. The first-order chi connectivity index (χ1) is 14.9. The highest BCUT2D eigenvalue weighted by molar-refractivity contribution is 5.90. The van der Waals surface area contributed by atoms with E-state index in [9.17, 15) is 20.0 Å². The van der Waals surface area contributed by atoms with Crippen molar-refractivity contribution in [3.63, 3.8) is 0 Å². The van der Waals surface area contributed by atoms with Gasteiger partial charge in [-0.2, -0.15) is 0 Å². The quantitative estimate of drug-likeness (QED) is 0.159. The zero-order chi connectivity index (χ0) is 22.6. The summed E-state index contributed by atoms with van der Waals surface area (Å²) in [5, 5.41) is 20.0. The average Bonchev–Trinajstić information content (AvgIpc) is 2.75. The SMILES string of the molecule is CCCCOc1cc(C=C(OCC)C(=O)O)ccc1OCCc1ccc([N+](=O)[O-])cc1. The van der Waals surface area contributed by atoms with E-state index in [1.54, 1.807) is 37.3 Å². The molecule has 0 unspecified atom stereocenters. The number of unbranched alkanes of at least 4 members (excludes halogenated alkanes) is 1. The molecule has 0 heterocycles. The van der Waals surface area contributed by atoms with Crippen molar-refractivity contribution in [2.45, 2.75) is 33.1 Å². The number of aliphatic carboxylic acids is 1. The van der Waals surface area contributed by atoms with Crippen LogP contribution in [0.15, 0.2) is 48.2 Å². The van der Waals surface area contributed by atoms with Crippen LogP contribution in [0.3, 0.4) is 0 Å². The molecule has 0 saturated carbocycles. The monoisotopic (exact) mass is 429 g/mol. The zero-order valence-electron chi connectivity index (χ0n) is 17.7. The van der Waals surface area contributed by atoms with Crippen molar-refractivity contribution in [3.05, 3.63) is 69.5 Å². The van der Waals surface area contributed by atoms with Gasteiger partial charge in [-0.15, -0.1) is 0 Å². The Morgan fingerprint density at radius 2 is 1.77 bits per heavy atom. The summed E-state index contributed by atoms with van der Waals surface area (Å²) < 4.78 is 16.9. The second-order valence-electron chi connectivity index (χ2n) is 6.68. The molecule has 0 aliphatic rings. The van der Waals surface area contributed by atoms with Crippen LogP contribution in [-0.2, 0) is 16.0 Å². The molecule has 2 aromatic rings. The molecule has 0 radical (unpaired) electrons.